The summed E-state index contributed by atoms with van der Waals surface area (Å²) in [5.74, 6) is -2.00. The summed E-state index contributed by atoms with van der Waals surface area (Å²) in [6, 6.07) is 3.90. The van der Waals surface area contributed by atoms with Crippen molar-refractivity contribution in [1.82, 2.24) is 0 Å². The van der Waals surface area contributed by atoms with Crippen molar-refractivity contribution in [3.63, 3.8) is 0 Å². The van der Waals surface area contributed by atoms with Gasteiger partial charge in [-0.3, -0.25) is 9.59 Å². The van der Waals surface area contributed by atoms with Gasteiger partial charge in [-0.15, -0.1) is 0 Å². The molecule has 0 fully saturated rings. The molecule has 28 heavy (non-hydrogen) atoms. The molecule has 0 spiro atoms. The molecule has 0 unspecified atom stereocenters. The Bertz CT molecular complexity index is 1240. The molecule has 0 heterocycles. The average molecular weight is 538 g/mol. The van der Waals surface area contributed by atoms with E-state index in [0.29, 0.717) is 0 Å². The zero-order valence-corrected chi connectivity index (χ0v) is 23.8. The van der Waals surface area contributed by atoms with Crippen LogP contribution < -0.4 is 109 Å². The second-order valence-electron chi connectivity index (χ2n) is 5.27. The van der Waals surface area contributed by atoms with Crippen molar-refractivity contribution in [2.24, 2.45) is 0 Å². The number of carbonyl (C=O) groups excluding carboxylic acids is 2. The Labute approximate surface area is 253 Å². The Kier molecular flexibility index (Phi) is 9.06. The first kappa shape index (κ1) is 27.2. The molecule has 2 aromatic rings. The number of halogens is 1. The molecule has 1 aliphatic carbocycles. The zero-order valence-electron chi connectivity index (χ0n) is 14.3. The Hall–Kier alpha value is 1.15. The van der Waals surface area contributed by atoms with E-state index in [2.05, 4.69) is 15.9 Å². The molecule has 0 bridgehead atoms. The number of rotatable bonds is 2. The van der Waals surface area contributed by atoms with Crippen molar-refractivity contribution in [2.75, 3.05) is 5.73 Å². The maximum absolute atomic E-state index is 12.8. The summed E-state index contributed by atoms with van der Waals surface area (Å²) in [5.41, 5.74) is 2.80. The van der Waals surface area contributed by atoms with E-state index in [1.807, 2.05) is 0 Å². The van der Waals surface area contributed by atoms with E-state index >= 15 is 0 Å². The standard InChI is InChI=1S/C14H8BrNO8S2.2K/c15-6-4-8(26(22,23)24)12(16)11-10(6)13(17)5-2-1-3-7(25(19,20)21)9(5)14(11)18;;/h1-4H,16H2,(H,19,20,21)(H,22,23,24);;/q;2*+1/p-2. The monoisotopic (exact) mass is 537 g/mol. The number of nitrogen functional groups attached to an aromatic ring is 1. The maximum atomic E-state index is 12.8. The number of anilines is 1. The first-order chi connectivity index (χ1) is 11.9. The van der Waals surface area contributed by atoms with Gasteiger partial charge in [-0.2, -0.15) is 0 Å². The Balaban J connectivity index is 0.00000196. The van der Waals surface area contributed by atoms with E-state index in [1.54, 1.807) is 0 Å². The van der Waals surface area contributed by atoms with Crippen LogP contribution in [0.15, 0.2) is 38.5 Å². The van der Waals surface area contributed by atoms with Crippen LogP contribution in [0, 0.1) is 0 Å². The molecule has 0 aromatic heterocycles. The number of nitrogens with two attached hydrogens (primary N) is 1. The molecule has 2 aromatic carbocycles. The summed E-state index contributed by atoms with van der Waals surface area (Å²) in [6.45, 7) is 0. The number of ketones is 2. The second kappa shape index (κ2) is 9.34. The molecule has 0 amide bonds. The van der Waals surface area contributed by atoms with Crippen LogP contribution in [0.25, 0.3) is 0 Å². The predicted octanol–water partition coefficient (Wildman–Crippen LogP) is -5.38. The van der Waals surface area contributed by atoms with Gasteiger partial charge >= 0.3 is 103 Å². The molecule has 0 saturated carbocycles. The van der Waals surface area contributed by atoms with Crippen LogP contribution in [-0.4, -0.2) is 37.5 Å². The van der Waals surface area contributed by atoms with Crippen LogP contribution in [0.4, 0.5) is 5.69 Å². The van der Waals surface area contributed by atoms with Gasteiger partial charge < -0.3 is 14.8 Å². The van der Waals surface area contributed by atoms with Crippen molar-refractivity contribution < 1.29 is 138 Å². The van der Waals surface area contributed by atoms with Gasteiger partial charge in [0.15, 0.2) is 11.6 Å². The normalized spacial score (nSPS) is 13.1. The number of carbonyl (C=O) groups is 2. The van der Waals surface area contributed by atoms with Crippen molar-refractivity contribution in [1.29, 1.82) is 0 Å². The van der Waals surface area contributed by atoms with E-state index in [9.17, 15) is 35.5 Å². The van der Waals surface area contributed by atoms with Crippen molar-refractivity contribution in [2.45, 2.75) is 9.79 Å². The molecule has 0 saturated heterocycles. The Morgan fingerprint density at radius 2 is 1.36 bits per heavy atom. The zero-order chi connectivity index (χ0) is 19.6. The Morgan fingerprint density at radius 3 is 1.86 bits per heavy atom. The molecule has 3 rings (SSSR count). The van der Waals surface area contributed by atoms with E-state index in [4.69, 9.17) is 5.73 Å². The van der Waals surface area contributed by atoms with E-state index < -0.39 is 58.4 Å². The third-order valence-corrected chi connectivity index (χ3v) is 6.15. The molecule has 2 N–H and O–H groups in total. The quantitative estimate of drug-likeness (QED) is 0.190. The third kappa shape index (κ3) is 4.66. The van der Waals surface area contributed by atoms with Crippen LogP contribution in [0.1, 0.15) is 31.8 Å². The number of benzene rings is 2. The minimum absolute atomic E-state index is 0. The van der Waals surface area contributed by atoms with Gasteiger partial charge in [-0.1, -0.05) is 12.1 Å². The summed E-state index contributed by atoms with van der Waals surface area (Å²) in [6.07, 6.45) is 0. The molecular formula is C14H6BrK2NO8S2. The smallest absolute Gasteiger partial charge is 0.744 e. The first-order valence-corrected chi connectivity index (χ1v) is 10.2. The summed E-state index contributed by atoms with van der Waals surface area (Å²) in [5, 5.41) is 0. The topological polar surface area (TPSA) is 175 Å². The Morgan fingerprint density at radius 1 is 0.821 bits per heavy atom. The molecule has 14 heteroatoms. The van der Waals surface area contributed by atoms with Crippen LogP contribution >= 0.6 is 15.9 Å². The molecule has 136 valence electrons. The van der Waals surface area contributed by atoms with Crippen LogP contribution in [0.2, 0.25) is 0 Å². The van der Waals surface area contributed by atoms with Gasteiger partial charge in [0.25, 0.3) is 0 Å². The molecule has 0 aliphatic heterocycles. The average Bonchev–Trinajstić information content (AvgIpc) is 2.51. The van der Waals surface area contributed by atoms with Crippen LogP contribution in [0.3, 0.4) is 0 Å². The fourth-order valence-electron chi connectivity index (χ4n) is 2.73. The minimum atomic E-state index is -5.12. The van der Waals surface area contributed by atoms with Gasteiger partial charge in [0.2, 0.25) is 0 Å². The molecule has 0 atom stereocenters. The van der Waals surface area contributed by atoms with E-state index in [1.165, 1.54) is 0 Å². The number of hydrogen-bond acceptors (Lipinski definition) is 9. The van der Waals surface area contributed by atoms with Gasteiger partial charge in [0.1, 0.15) is 20.2 Å². The van der Waals surface area contributed by atoms with E-state index in [0.717, 1.165) is 24.3 Å². The second-order valence-corrected chi connectivity index (χ2v) is 8.82. The first-order valence-electron chi connectivity index (χ1n) is 6.62. The van der Waals surface area contributed by atoms with Crippen LogP contribution in [0.5, 0.6) is 0 Å². The number of fused-ring (bicyclic) bond motifs is 2. The predicted molar refractivity (Wildman–Crippen MR) is 87.8 cm³/mol. The fourth-order valence-corrected chi connectivity index (χ4v) is 4.82. The van der Waals surface area contributed by atoms with Crippen LogP contribution in [-0.2, 0) is 20.2 Å². The molecule has 9 nitrogen and oxygen atoms in total. The maximum Gasteiger partial charge on any atom is 1.00 e. The fraction of sp³-hybridized carbons (Fsp3) is 0. The van der Waals surface area contributed by atoms with Gasteiger partial charge in [-0.25, -0.2) is 16.8 Å². The minimum Gasteiger partial charge on any atom is -0.744 e. The summed E-state index contributed by atoms with van der Waals surface area (Å²) < 4.78 is 68.2. The van der Waals surface area contributed by atoms with Crippen molar-refractivity contribution in [3.05, 3.63) is 51.0 Å². The van der Waals surface area contributed by atoms with Gasteiger partial charge in [0.05, 0.1) is 32.2 Å². The van der Waals surface area contributed by atoms with Crippen molar-refractivity contribution in [3.8, 4) is 0 Å². The summed E-state index contributed by atoms with van der Waals surface area (Å²) >= 11 is 2.93. The third-order valence-electron chi connectivity index (χ3n) is 3.77. The van der Waals surface area contributed by atoms with Crippen molar-refractivity contribution >= 4 is 53.4 Å². The van der Waals surface area contributed by atoms with E-state index in [-0.39, 0.29) is 118 Å². The number of hydrogen-bond donors (Lipinski definition) is 1. The molecular weight excluding hydrogens is 532 g/mol. The summed E-state index contributed by atoms with van der Waals surface area (Å²) in [7, 11) is -10.2. The summed E-state index contributed by atoms with van der Waals surface area (Å²) in [4.78, 5) is 23.6. The van der Waals surface area contributed by atoms with Gasteiger partial charge in [-0.05, 0) is 28.1 Å². The molecule has 0 radical (unpaired) electrons. The SMILES string of the molecule is Nc1c(S(=O)(=O)[O-])cc(Br)c2c1C(=O)c1c(cccc1S(=O)(=O)[O-])C2=O.[K+].[K+]. The largest absolute Gasteiger partial charge is 1.00 e. The van der Waals surface area contributed by atoms with Gasteiger partial charge in [0, 0.05) is 10.0 Å². The molecule has 1 aliphatic rings.